The first-order chi connectivity index (χ1) is 14.0. The molecule has 1 aliphatic heterocycles. The van der Waals surface area contributed by atoms with E-state index in [-0.39, 0.29) is 16.6 Å². The SMILES string of the molecule is COc1cccc(CC2CCN(c3cc4nc[nH]c(=O)c4cc3[N+](=O)[O-])CC2)c1. The molecule has 4 rings (SSSR count). The van der Waals surface area contributed by atoms with Crippen molar-refractivity contribution in [3.63, 3.8) is 0 Å². The number of anilines is 1. The molecule has 1 aromatic heterocycles. The second-order valence-electron chi connectivity index (χ2n) is 7.33. The molecule has 2 heterocycles. The molecular formula is C21H22N4O4. The number of aromatic nitrogens is 2. The molecule has 29 heavy (non-hydrogen) atoms. The molecule has 2 aromatic carbocycles. The maximum atomic E-state index is 12.0. The number of nitrogens with one attached hydrogen (secondary N) is 1. The number of fused-ring (bicyclic) bond motifs is 1. The van der Waals surface area contributed by atoms with E-state index in [1.807, 2.05) is 17.0 Å². The van der Waals surface area contributed by atoms with Crippen LogP contribution < -0.4 is 15.2 Å². The number of nitro benzene ring substituents is 1. The lowest BCUT2D eigenvalue weighted by Gasteiger charge is -2.33. The number of hydrogen-bond acceptors (Lipinski definition) is 6. The summed E-state index contributed by atoms with van der Waals surface area (Å²) >= 11 is 0. The van der Waals surface area contributed by atoms with Crippen molar-refractivity contribution in [3.05, 3.63) is 68.8 Å². The summed E-state index contributed by atoms with van der Waals surface area (Å²) in [5.74, 6) is 1.37. The zero-order valence-electron chi connectivity index (χ0n) is 16.1. The van der Waals surface area contributed by atoms with Crippen molar-refractivity contribution in [3.8, 4) is 5.75 Å². The molecule has 0 saturated carbocycles. The fraction of sp³-hybridized carbons (Fsp3) is 0.333. The Morgan fingerprint density at radius 2 is 2.07 bits per heavy atom. The molecule has 1 fully saturated rings. The van der Waals surface area contributed by atoms with Gasteiger partial charge in [-0.1, -0.05) is 12.1 Å². The van der Waals surface area contributed by atoms with Crippen molar-refractivity contribution in [2.45, 2.75) is 19.3 Å². The van der Waals surface area contributed by atoms with Crippen LogP contribution in [-0.4, -0.2) is 35.1 Å². The standard InChI is InChI=1S/C21H22N4O4/c1-29-16-4-2-3-15(10-16)9-14-5-7-24(8-6-14)19-12-18-17(11-20(19)25(27)28)21(26)23-13-22-18/h2-4,10-14H,5-9H2,1H3,(H,22,23,26). The van der Waals surface area contributed by atoms with Crippen LogP contribution in [0.4, 0.5) is 11.4 Å². The van der Waals surface area contributed by atoms with Crippen molar-refractivity contribution in [2.24, 2.45) is 5.92 Å². The van der Waals surface area contributed by atoms with E-state index in [1.165, 1.54) is 18.0 Å². The fourth-order valence-corrected chi connectivity index (χ4v) is 4.00. The van der Waals surface area contributed by atoms with Crippen LogP contribution in [0, 0.1) is 16.0 Å². The second kappa shape index (κ2) is 7.90. The average Bonchev–Trinajstić information content (AvgIpc) is 2.74. The molecule has 0 unspecified atom stereocenters. The van der Waals surface area contributed by atoms with Crippen molar-refractivity contribution in [1.29, 1.82) is 0 Å². The van der Waals surface area contributed by atoms with Crippen LogP contribution in [0.3, 0.4) is 0 Å². The van der Waals surface area contributed by atoms with Crippen molar-refractivity contribution >= 4 is 22.3 Å². The summed E-state index contributed by atoms with van der Waals surface area (Å²) in [7, 11) is 1.66. The molecule has 8 heteroatoms. The number of nitrogens with zero attached hydrogens (tertiary/aromatic N) is 3. The van der Waals surface area contributed by atoms with Crippen molar-refractivity contribution < 1.29 is 9.66 Å². The Hall–Kier alpha value is -3.42. The van der Waals surface area contributed by atoms with E-state index in [0.717, 1.165) is 38.1 Å². The molecule has 1 N–H and O–H groups in total. The maximum absolute atomic E-state index is 12.0. The first kappa shape index (κ1) is 18.9. The van der Waals surface area contributed by atoms with Gasteiger partial charge < -0.3 is 14.6 Å². The monoisotopic (exact) mass is 394 g/mol. The first-order valence-corrected chi connectivity index (χ1v) is 9.59. The number of nitro groups is 1. The number of piperidine rings is 1. The molecule has 0 atom stereocenters. The number of H-pyrrole nitrogens is 1. The van der Waals surface area contributed by atoms with Crippen LogP contribution in [-0.2, 0) is 6.42 Å². The summed E-state index contributed by atoms with van der Waals surface area (Å²) in [6.45, 7) is 1.45. The third kappa shape index (κ3) is 3.91. The second-order valence-corrected chi connectivity index (χ2v) is 7.33. The van der Waals surface area contributed by atoms with Crippen LogP contribution in [0.25, 0.3) is 10.9 Å². The highest BCUT2D eigenvalue weighted by atomic mass is 16.6. The van der Waals surface area contributed by atoms with Crippen LogP contribution in [0.15, 0.2) is 47.5 Å². The van der Waals surface area contributed by atoms with Gasteiger partial charge in [-0.15, -0.1) is 0 Å². The summed E-state index contributed by atoms with van der Waals surface area (Å²) in [6, 6.07) is 11.1. The molecule has 0 bridgehead atoms. The van der Waals surface area contributed by atoms with Crippen LogP contribution >= 0.6 is 0 Å². The Labute approximate surface area is 167 Å². The van der Waals surface area contributed by atoms with Gasteiger partial charge in [-0.05, 0) is 48.9 Å². The van der Waals surface area contributed by atoms with E-state index in [2.05, 4.69) is 22.1 Å². The van der Waals surface area contributed by atoms with Crippen LogP contribution in [0.5, 0.6) is 5.75 Å². The smallest absolute Gasteiger partial charge is 0.293 e. The highest BCUT2D eigenvalue weighted by Crippen LogP contribution is 2.34. The van der Waals surface area contributed by atoms with Crippen LogP contribution in [0.1, 0.15) is 18.4 Å². The molecule has 0 radical (unpaired) electrons. The molecule has 0 spiro atoms. The number of rotatable bonds is 5. The van der Waals surface area contributed by atoms with Crippen LogP contribution in [0.2, 0.25) is 0 Å². The highest BCUT2D eigenvalue weighted by Gasteiger charge is 2.26. The van der Waals surface area contributed by atoms with Gasteiger partial charge in [-0.2, -0.15) is 0 Å². The molecule has 1 saturated heterocycles. The Morgan fingerprint density at radius 3 is 2.79 bits per heavy atom. The predicted octanol–water partition coefficient (Wildman–Crippen LogP) is 3.30. The van der Waals surface area contributed by atoms with Gasteiger partial charge in [0.1, 0.15) is 11.4 Å². The van der Waals surface area contributed by atoms with E-state index in [4.69, 9.17) is 4.74 Å². The zero-order chi connectivity index (χ0) is 20.4. The van der Waals surface area contributed by atoms with Gasteiger partial charge in [0.2, 0.25) is 0 Å². The Morgan fingerprint density at radius 1 is 1.28 bits per heavy atom. The van der Waals surface area contributed by atoms with E-state index >= 15 is 0 Å². The summed E-state index contributed by atoms with van der Waals surface area (Å²) in [6.07, 6.45) is 4.16. The van der Waals surface area contributed by atoms with Crippen molar-refractivity contribution in [2.75, 3.05) is 25.1 Å². The normalized spacial score (nSPS) is 14.9. The quantitative estimate of drug-likeness (QED) is 0.526. The molecule has 0 aliphatic carbocycles. The number of hydrogen-bond donors (Lipinski definition) is 1. The van der Waals surface area contributed by atoms with Gasteiger partial charge >= 0.3 is 0 Å². The molecule has 150 valence electrons. The van der Waals surface area contributed by atoms with Gasteiger partial charge in [0.05, 0.1) is 29.3 Å². The van der Waals surface area contributed by atoms with E-state index < -0.39 is 4.92 Å². The number of ether oxygens (including phenoxy) is 1. The fourth-order valence-electron chi connectivity index (χ4n) is 4.00. The number of aromatic amines is 1. The summed E-state index contributed by atoms with van der Waals surface area (Å²) in [5, 5.41) is 11.9. The third-order valence-corrected chi connectivity index (χ3v) is 5.55. The lowest BCUT2D eigenvalue weighted by molar-refractivity contribution is -0.384. The molecule has 8 nitrogen and oxygen atoms in total. The first-order valence-electron chi connectivity index (χ1n) is 9.59. The van der Waals surface area contributed by atoms with Crippen molar-refractivity contribution in [1.82, 2.24) is 9.97 Å². The molecular weight excluding hydrogens is 372 g/mol. The van der Waals surface area contributed by atoms with E-state index in [1.54, 1.807) is 13.2 Å². The summed E-state index contributed by atoms with van der Waals surface area (Å²) < 4.78 is 5.30. The molecule has 3 aromatic rings. The van der Waals surface area contributed by atoms with E-state index in [0.29, 0.717) is 17.1 Å². The minimum Gasteiger partial charge on any atom is -0.497 e. The summed E-state index contributed by atoms with van der Waals surface area (Å²) in [4.78, 5) is 31.8. The van der Waals surface area contributed by atoms with Gasteiger partial charge in [0.25, 0.3) is 11.2 Å². The Bertz CT molecular complexity index is 1100. The summed E-state index contributed by atoms with van der Waals surface area (Å²) in [5.41, 5.74) is 1.81. The lowest BCUT2D eigenvalue weighted by Crippen LogP contribution is -2.34. The van der Waals surface area contributed by atoms with Gasteiger partial charge in [-0.25, -0.2) is 4.98 Å². The molecule has 0 amide bonds. The largest absolute Gasteiger partial charge is 0.497 e. The third-order valence-electron chi connectivity index (χ3n) is 5.55. The van der Waals surface area contributed by atoms with Gasteiger partial charge in [0, 0.05) is 19.2 Å². The van der Waals surface area contributed by atoms with Gasteiger partial charge in [0.15, 0.2) is 0 Å². The topological polar surface area (TPSA) is 101 Å². The predicted molar refractivity (Wildman–Crippen MR) is 111 cm³/mol. The van der Waals surface area contributed by atoms with Gasteiger partial charge in [-0.3, -0.25) is 14.9 Å². The lowest BCUT2D eigenvalue weighted by atomic mass is 9.90. The Kier molecular flexibility index (Phi) is 5.16. The number of methoxy groups -OCH3 is 1. The highest BCUT2D eigenvalue weighted by molar-refractivity contribution is 5.87. The number of benzene rings is 2. The average molecular weight is 394 g/mol. The minimum atomic E-state index is -0.427. The molecule has 1 aliphatic rings. The minimum absolute atomic E-state index is 0.0535. The zero-order valence-corrected chi connectivity index (χ0v) is 16.1. The van der Waals surface area contributed by atoms with E-state index in [9.17, 15) is 14.9 Å². The maximum Gasteiger partial charge on any atom is 0.293 e. The Balaban J connectivity index is 1.53.